The second-order valence-electron chi connectivity index (χ2n) is 10.4. The van der Waals surface area contributed by atoms with E-state index in [1.807, 2.05) is 57.3 Å². The van der Waals surface area contributed by atoms with Crippen LogP contribution in [-0.2, 0) is 18.3 Å². The highest BCUT2D eigenvalue weighted by atomic mass is 16.5. The molecule has 1 aliphatic rings. The highest BCUT2D eigenvalue weighted by Gasteiger charge is 2.22. The first-order valence-electron chi connectivity index (χ1n) is 12.3. The Morgan fingerprint density at radius 2 is 1.78 bits per heavy atom. The van der Waals surface area contributed by atoms with Gasteiger partial charge < -0.3 is 9.84 Å². The molecule has 8 heteroatoms. The topological polar surface area (TPSA) is 109 Å². The number of amides is 2. The molecule has 0 saturated carbocycles. The summed E-state index contributed by atoms with van der Waals surface area (Å²) in [5, 5.41) is 19.2. The molecule has 6 rings (SSSR count). The molecule has 0 bridgehead atoms. The van der Waals surface area contributed by atoms with E-state index in [2.05, 4.69) is 32.1 Å². The predicted octanol–water partition coefficient (Wildman–Crippen LogP) is 6.59. The van der Waals surface area contributed by atoms with Crippen LogP contribution in [0.25, 0.3) is 33.1 Å². The van der Waals surface area contributed by atoms with E-state index in [1.165, 1.54) is 22.9 Å². The highest BCUT2D eigenvalue weighted by Crippen LogP contribution is 2.38. The van der Waals surface area contributed by atoms with E-state index >= 15 is 0 Å². The molecule has 3 heterocycles. The molecule has 0 aliphatic heterocycles. The number of carbonyl (C=O) groups excluding carboxylic acids is 1. The maximum Gasteiger partial charge on any atom is 0.324 e. The van der Waals surface area contributed by atoms with Gasteiger partial charge in [0.25, 0.3) is 0 Å². The van der Waals surface area contributed by atoms with Gasteiger partial charge >= 0.3 is 6.03 Å². The van der Waals surface area contributed by atoms with E-state index in [4.69, 9.17) is 9.51 Å². The summed E-state index contributed by atoms with van der Waals surface area (Å²) in [7, 11) is 0. The predicted molar refractivity (Wildman–Crippen MR) is 141 cm³/mol. The van der Waals surface area contributed by atoms with E-state index in [1.54, 1.807) is 6.07 Å². The number of hydrogen-bond acceptors (Lipinski definition) is 5. The number of H-pyrrole nitrogens is 1. The fourth-order valence-electron chi connectivity index (χ4n) is 4.96. The van der Waals surface area contributed by atoms with Crippen molar-refractivity contribution in [1.82, 2.24) is 20.3 Å². The van der Waals surface area contributed by atoms with Gasteiger partial charge in [0.15, 0.2) is 5.82 Å². The van der Waals surface area contributed by atoms with Crippen molar-refractivity contribution in [3.05, 3.63) is 65.5 Å². The Balaban J connectivity index is 1.27. The molecule has 2 aromatic carbocycles. The lowest BCUT2D eigenvalue weighted by Crippen LogP contribution is -2.19. The van der Waals surface area contributed by atoms with Crippen molar-refractivity contribution in [3.63, 3.8) is 0 Å². The molecule has 0 fully saturated rings. The first-order valence-corrected chi connectivity index (χ1v) is 12.3. The lowest BCUT2D eigenvalue weighted by Gasteiger charge is -2.22. The normalized spacial score (nSPS) is 13.6. The van der Waals surface area contributed by atoms with Gasteiger partial charge in [-0.15, -0.1) is 0 Å². The van der Waals surface area contributed by atoms with Crippen LogP contribution in [0, 0.1) is 0 Å². The fraction of sp³-hybridized carbons (Fsp3) is 0.286. The molecule has 0 atom stereocenters. The molecule has 5 aromatic rings. The number of fused-ring (bicyclic) bond motifs is 5. The summed E-state index contributed by atoms with van der Waals surface area (Å²) in [6.45, 7) is 6.08. The van der Waals surface area contributed by atoms with Gasteiger partial charge in [0.05, 0.1) is 22.9 Å². The Morgan fingerprint density at radius 3 is 2.53 bits per heavy atom. The van der Waals surface area contributed by atoms with Crippen LogP contribution >= 0.6 is 0 Å². The minimum atomic E-state index is -0.373. The van der Waals surface area contributed by atoms with Crippen molar-refractivity contribution in [2.24, 2.45) is 0 Å². The van der Waals surface area contributed by atoms with Gasteiger partial charge in [-0.2, -0.15) is 5.10 Å². The SMILES string of the molecule is CC(C)(C)c1cc(NC(=O)Nc2ccc(-c3nc4ccc5[nH]ncc5c4c4c3CCCC4)cc2)no1. The highest BCUT2D eigenvalue weighted by molar-refractivity contribution is 6.07. The molecule has 8 nitrogen and oxygen atoms in total. The summed E-state index contributed by atoms with van der Waals surface area (Å²) >= 11 is 0. The van der Waals surface area contributed by atoms with Gasteiger partial charge in [-0.3, -0.25) is 10.4 Å². The van der Waals surface area contributed by atoms with Gasteiger partial charge in [0.1, 0.15) is 5.76 Å². The molecule has 0 spiro atoms. The third kappa shape index (κ3) is 3.98. The zero-order valence-electron chi connectivity index (χ0n) is 20.6. The smallest absolute Gasteiger partial charge is 0.324 e. The van der Waals surface area contributed by atoms with Crippen molar-refractivity contribution in [1.29, 1.82) is 0 Å². The van der Waals surface area contributed by atoms with E-state index in [0.717, 1.165) is 46.9 Å². The number of aryl methyl sites for hydroxylation is 1. The number of aromatic amines is 1. The first-order chi connectivity index (χ1) is 17.4. The molecule has 36 heavy (non-hydrogen) atoms. The van der Waals surface area contributed by atoms with Crippen LogP contribution in [0.1, 0.15) is 50.5 Å². The van der Waals surface area contributed by atoms with Gasteiger partial charge in [0.2, 0.25) is 0 Å². The maximum atomic E-state index is 12.5. The largest absolute Gasteiger partial charge is 0.359 e. The van der Waals surface area contributed by atoms with Crippen LogP contribution in [0.2, 0.25) is 0 Å². The molecule has 0 saturated heterocycles. The summed E-state index contributed by atoms with van der Waals surface area (Å²) in [6, 6.07) is 13.3. The number of carbonyl (C=O) groups is 1. The summed E-state index contributed by atoms with van der Waals surface area (Å²) < 4.78 is 5.34. The number of urea groups is 1. The van der Waals surface area contributed by atoms with Crippen LogP contribution in [0.3, 0.4) is 0 Å². The third-order valence-corrected chi connectivity index (χ3v) is 6.80. The number of rotatable bonds is 3. The quantitative estimate of drug-likeness (QED) is 0.270. The van der Waals surface area contributed by atoms with Crippen LogP contribution < -0.4 is 10.6 Å². The molecular formula is C28H28N6O2. The van der Waals surface area contributed by atoms with Gasteiger partial charge in [-0.05, 0) is 61.1 Å². The molecule has 1 aliphatic carbocycles. The number of pyridine rings is 1. The third-order valence-electron chi connectivity index (χ3n) is 6.80. The standard InChI is InChI=1S/C28H28N6O2/c1-28(2,3)23-14-24(34-36-23)32-27(35)30-17-10-8-16(9-11-17)26-19-7-5-4-6-18(19)25-20-15-29-33-21(20)12-13-22(25)31-26/h8-15H,4-7H2,1-3H3,(H,29,33)(H2,30,32,34,35). The molecule has 0 radical (unpaired) electrons. The van der Waals surface area contributed by atoms with Crippen molar-refractivity contribution < 1.29 is 9.32 Å². The summed E-state index contributed by atoms with van der Waals surface area (Å²) in [4.78, 5) is 17.6. The number of nitrogens with zero attached hydrogens (tertiary/aromatic N) is 3. The Bertz CT molecular complexity index is 1590. The lowest BCUT2D eigenvalue weighted by atomic mass is 9.85. The Kier molecular flexibility index (Phi) is 5.25. The number of anilines is 2. The monoisotopic (exact) mass is 480 g/mol. The number of benzene rings is 2. The van der Waals surface area contributed by atoms with Crippen molar-refractivity contribution in [3.8, 4) is 11.3 Å². The summed E-state index contributed by atoms with van der Waals surface area (Å²) in [5.41, 5.74) is 7.30. The van der Waals surface area contributed by atoms with Gasteiger partial charge in [-0.25, -0.2) is 9.78 Å². The molecule has 3 N–H and O–H groups in total. The molecule has 182 valence electrons. The zero-order valence-corrected chi connectivity index (χ0v) is 20.6. The number of hydrogen-bond donors (Lipinski definition) is 3. The van der Waals surface area contributed by atoms with Gasteiger partial charge in [0, 0.05) is 33.5 Å². The van der Waals surface area contributed by atoms with Crippen LogP contribution in [0.15, 0.2) is 53.2 Å². The average Bonchev–Trinajstić information content (AvgIpc) is 3.53. The molecule has 3 aromatic heterocycles. The first kappa shape index (κ1) is 22.3. The molecular weight excluding hydrogens is 452 g/mol. The second kappa shape index (κ2) is 8.48. The van der Waals surface area contributed by atoms with Crippen molar-refractivity contribution >= 4 is 39.3 Å². The summed E-state index contributed by atoms with van der Waals surface area (Å²) in [5.74, 6) is 1.09. The zero-order chi connectivity index (χ0) is 24.9. The van der Waals surface area contributed by atoms with E-state index in [-0.39, 0.29) is 11.4 Å². The van der Waals surface area contributed by atoms with E-state index in [9.17, 15) is 4.79 Å². The minimum Gasteiger partial charge on any atom is -0.359 e. The van der Waals surface area contributed by atoms with Crippen LogP contribution in [0.4, 0.5) is 16.3 Å². The molecule has 2 amide bonds. The van der Waals surface area contributed by atoms with Crippen molar-refractivity contribution in [2.45, 2.75) is 51.9 Å². The van der Waals surface area contributed by atoms with E-state index < -0.39 is 0 Å². The van der Waals surface area contributed by atoms with Crippen molar-refractivity contribution in [2.75, 3.05) is 10.6 Å². The lowest BCUT2D eigenvalue weighted by molar-refractivity contribution is 0.262. The minimum absolute atomic E-state index is 0.181. The van der Waals surface area contributed by atoms with Crippen LogP contribution in [-0.4, -0.2) is 26.4 Å². The Morgan fingerprint density at radius 1 is 1.00 bits per heavy atom. The number of nitrogens with one attached hydrogen (secondary N) is 3. The summed E-state index contributed by atoms with van der Waals surface area (Å²) in [6.07, 6.45) is 6.30. The Labute approximate surface area is 208 Å². The average molecular weight is 481 g/mol. The molecule has 0 unspecified atom stereocenters. The maximum absolute atomic E-state index is 12.5. The van der Waals surface area contributed by atoms with Crippen LogP contribution in [0.5, 0.6) is 0 Å². The second-order valence-corrected chi connectivity index (χ2v) is 10.4. The number of aromatic nitrogens is 4. The fourth-order valence-corrected chi connectivity index (χ4v) is 4.96. The van der Waals surface area contributed by atoms with Gasteiger partial charge in [-0.1, -0.05) is 38.1 Å². The van der Waals surface area contributed by atoms with E-state index in [0.29, 0.717) is 17.3 Å². The Hall–Kier alpha value is -4.20.